The van der Waals surface area contributed by atoms with Gasteiger partial charge < -0.3 is 20.2 Å². The number of para-hydroxylation sites is 2. The zero-order valence-electron chi connectivity index (χ0n) is 23.0. The summed E-state index contributed by atoms with van der Waals surface area (Å²) < 4.78 is 29.4. The average Bonchev–Trinajstić information content (AvgIpc) is 3.55. The normalized spacial score (nSPS) is 16.8. The molecule has 1 aromatic heterocycles. The molecule has 2 aromatic carbocycles. The van der Waals surface area contributed by atoms with Crippen LogP contribution in [0.4, 0.5) is 5.95 Å². The van der Waals surface area contributed by atoms with E-state index in [-0.39, 0.29) is 55.5 Å². The molecule has 1 aliphatic rings. The van der Waals surface area contributed by atoms with Crippen LogP contribution in [0.3, 0.4) is 0 Å². The van der Waals surface area contributed by atoms with Gasteiger partial charge in [0.1, 0.15) is 6.04 Å². The van der Waals surface area contributed by atoms with Crippen molar-refractivity contribution in [3.8, 4) is 0 Å². The third-order valence-corrected chi connectivity index (χ3v) is 8.59. The summed E-state index contributed by atoms with van der Waals surface area (Å²) in [7, 11) is -4.41. The average molecular weight is 587 g/mol. The van der Waals surface area contributed by atoms with Gasteiger partial charge in [-0.15, -0.1) is 0 Å². The van der Waals surface area contributed by atoms with E-state index >= 15 is 0 Å². The minimum atomic E-state index is -4.41. The van der Waals surface area contributed by atoms with Crippen LogP contribution in [0, 0.1) is 20.8 Å². The highest BCUT2D eigenvalue weighted by Gasteiger charge is 2.45. The maximum absolute atomic E-state index is 13.6. The Morgan fingerprint density at radius 3 is 2.46 bits per heavy atom. The molecule has 13 nitrogen and oxygen atoms in total. The Bertz CT molecular complexity index is 1510. The molecule has 0 bridgehead atoms. The standard InChI is InChI=1S/C27H34N6O7S/c1-16-14-17(2)23(18(3)15-16)41(38,39)33-27(25(36)37,31-24(35)21-11-13-40-32-21)12-7-6-10-22(34)30-26-28-19-8-4-5-9-20(19)29-26/h4-5,8-9,14-15,21,32-33H,6-7,10-13H2,1-3H3,(H,31,35)(H,36,37)(H2,28,29,30,34). The Balaban J connectivity index is 1.50. The number of anilines is 1. The number of nitrogens with one attached hydrogen (secondary N) is 5. The number of fused-ring (bicyclic) bond motifs is 1. The lowest BCUT2D eigenvalue weighted by atomic mass is 10.0. The lowest BCUT2D eigenvalue weighted by molar-refractivity contribution is -0.149. The summed E-state index contributed by atoms with van der Waals surface area (Å²) in [5.74, 6) is -2.38. The molecule has 1 aliphatic heterocycles. The lowest BCUT2D eigenvalue weighted by Gasteiger charge is -2.32. The smallest absolute Gasteiger partial charge is 0.345 e. The fourth-order valence-electron chi connectivity index (χ4n) is 4.97. The van der Waals surface area contributed by atoms with Crippen LogP contribution in [0.5, 0.6) is 0 Å². The van der Waals surface area contributed by atoms with Crippen LogP contribution in [0.25, 0.3) is 11.0 Å². The summed E-state index contributed by atoms with van der Waals surface area (Å²) in [5, 5.41) is 15.4. The summed E-state index contributed by atoms with van der Waals surface area (Å²) in [6.07, 6.45) is 0.298. The molecule has 6 N–H and O–H groups in total. The van der Waals surface area contributed by atoms with Crippen molar-refractivity contribution in [2.24, 2.45) is 0 Å². The number of sulfonamides is 1. The number of hydroxylamine groups is 1. The number of carbonyl (C=O) groups excluding carboxylic acids is 2. The Morgan fingerprint density at radius 1 is 1.12 bits per heavy atom. The zero-order valence-corrected chi connectivity index (χ0v) is 23.9. The SMILES string of the molecule is Cc1cc(C)c(S(=O)(=O)NC(CCCCC(=O)Nc2nc3ccccc3[nH]2)(NC(=O)C2CCON2)C(=O)O)c(C)c1. The molecule has 0 saturated carbocycles. The van der Waals surface area contributed by atoms with Gasteiger partial charge in [-0.05, 0) is 69.7 Å². The Labute approximate surface area is 237 Å². The van der Waals surface area contributed by atoms with Crippen molar-refractivity contribution >= 4 is 44.8 Å². The number of amides is 2. The fraction of sp³-hybridized carbons (Fsp3) is 0.407. The van der Waals surface area contributed by atoms with E-state index < -0.39 is 33.6 Å². The largest absolute Gasteiger partial charge is 0.478 e. The second-order valence-corrected chi connectivity index (χ2v) is 11.8. The van der Waals surface area contributed by atoms with Crippen molar-refractivity contribution in [3.05, 3.63) is 53.1 Å². The fourth-order valence-corrected chi connectivity index (χ4v) is 6.74. The zero-order chi connectivity index (χ0) is 29.8. The van der Waals surface area contributed by atoms with Crippen molar-refractivity contribution in [2.75, 3.05) is 11.9 Å². The number of aliphatic carboxylic acids is 1. The minimum Gasteiger partial charge on any atom is -0.478 e. The number of hydrogen-bond acceptors (Lipinski definition) is 8. The third kappa shape index (κ3) is 7.08. The van der Waals surface area contributed by atoms with Crippen molar-refractivity contribution in [2.45, 2.75) is 69.5 Å². The van der Waals surface area contributed by atoms with E-state index in [0.29, 0.717) is 16.6 Å². The molecule has 1 fully saturated rings. The summed E-state index contributed by atoms with van der Waals surface area (Å²) in [6, 6.07) is 9.81. The molecule has 2 heterocycles. The quantitative estimate of drug-likeness (QED) is 0.136. The van der Waals surface area contributed by atoms with E-state index in [1.807, 2.05) is 25.1 Å². The first-order valence-corrected chi connectivity index (χ1v) is 14.7. The molecule has 14 heteroatoms. The van der Waals surface area contributed by atoms with Gasteiger partial charge in [-0.1, -0.05) is 29.8 Å². The summed E-state index contributed by atoms with van der Waals surface area (Å²) in [6.45, 7) is 5.31. The molecule has 3 aromatic rings. The van der Waals surface area contributed by atoms with E-state index in [4.69, 9.17) is 4.84 Å². The highest BCUT2D eigenvalue weighted by atomic mass is 32.2. The number of nitrogens with zero attached hydrogens (tertiary/aromatic N) is 1. The number of aromatic nitrogens is 2. The monoisotopic (exact) mass is 586 g/mol. The number of aryl methyl sites for hydroxylation is 3. The molecule has 4 rings (SSSR count). The molecule has 220 valence electrons. The number of benzene rings is 2. The number of rotatable bonds is 12. The van der Waals surface area contributed by atoms with Crippen molar-refractivity contribution < 1.29 is 32.7 Å². The summed E-state index contributed by atoms with van der Waals surface area (Å²) in [4.78, 5) is 50.4. The predicted molar refractivity (Wildman–Crippen MR) is 150 cm³/mol. The number of imidazole rings is 1. The van der Waals surface area contributed by atoms with Crippen LogP contribution in [-0.2, 0) is 29.2 Å². The molecule has 0 spiro atoms. The Morgan fingerprint density at radius 2 is 1.83 bits per heavy atom. The van der Waals surface area contributed by atoms with Gasteiger partial charge in [0, 0.05) is 6.42 Å². The molecule has 41 heavy (non-hydrogen) atoms. The van der Waals surface area contributed by atoms with Crippen LogP contribution in [0.15, 0.2) is 41.3 Å². The molecule has 2 unspecified atom stereocenters. The summed E-state index contributed by atoms with van der Waals surface area (Å²) in [5.41, 5.74) is 3.32. The highest BCUT2D eigenvalue weighted by Crippen LogP contribution is 2.25. The van der Waals surface area contributed by atoms with Gasteiger partial charge in [-0.2, -0.15) is 10.2 Å². The van der Waals surface area contributed by atoms with E-state index in [1.165, 1.54) is 0 Å². The van der Waals surface area contributed by atoms with Gasteiger partial charge in [-0.3, -0.25) is 14.9 Å². The van der Waals surface area contributed by atoms with Crippen LogP contribution in [0.2, 0.25) is 0 Å². The number of H-pyrrole nitrogens is 1. The Hall–Kier alpha value is -3.85. The summed E-state index contributed by atoms with van der Waals surface area (Å²) >= 11 is 0. The van der Waals surface area contributed by atoms with Gasteiger partial charge in [0.15, 0.2) is 0 Å². The van der Waals surface area contributed by atoms with Gasteiger partial charge in [0.05, 0.1) is 22.5 Å². The molecule has 0 radical (unpaired) electrons. The van der Waals surface area contributed by atoms with Gasteiger partial charge in [-0.25, -0.2) is 18.2 Å². The number of carbonyl (C=O) groups is 3. The number of unbranched alkanes of at least 4 members (excludes halogenated alkanes) is 1. The van der Waals surface area contributed by atoms with E-state index in [1.54, 1.807) is 32.0 Å². The topological polar surface area (TPSA) is 192 Å². The molecular weight excluding hydrogens is 552 g/mol. The molecule has 0 aliphatic carbocycles. The number of aromatic amines is 1. The highest BCUT2D eigenvalue weighted by molar-refractivity contribution is 7.89. The van der Waals surface area contributed by atoms with E-state index in [0.717, 1.165) is 11.1 Å². The maximum atomic E-state index is 13.6. The lowest BCUT2D eigenvalue weighted by Crippen LogP contribution is -2.67. The second-order valence-electron chi connectivity index (χ2n) is 10.2. The maximum Gasteiger partial charge on any atom is 0.345 e. The minimum absolute atomic E-state index is 0.0155. The molecular formula is C27H34N6O7S. The van der Waals surface area contributed by atoms with Crippen molar-refractivity contribution in [1.29, 1.82) is 0 Å². The van der Waals surface area contributed by atoms with Crippen molar-refractivity contribution in [3.63, 3.8) is 0 Å². The van der Waals surface area contributed by atoms with Crippen molar-refractivity contribution in [1.82, 2.24) is 25.5 Å². The number of carboxylic acids is 1. The predicted octanol–water partition coefficient (Wildman–Crippen LogP) is 2.16. The Kier molecular flexibility index (Phi) is 9.07. The second kappa shape index (κ2) is 12.3. The third-order valence-electron chi connectivity index (χ3n) is 6.79. The number of hydrogen-bond donors (Lipinski definition) is 6. The van der Waals surface area contributed by atoms with Crippen LogP contribution in [0.1, 0.15) is 48.8 Å². The first-order chi connectivity index (χ1) is 19.4. The molecule has 2 amide bonds. The number of carboxylic acid groups (broad SMARTS) is 1. The first kappa shape index (κ1) is 30.1. The van der Waals surface area contributed by atoms with Gasteiger partial charge >= 0.3 is 5.97 Å². The van der Waals surface area contributed by atoms with Crippen LogP contribution >= 0.6 is 0 Å². The van der Waals surface area contributed by atoms with Gasteiger partial charge in [0.2, 0.25) is 33.4 Å². The molecule has 2 atom stereocenters. The van der Waals surface area contributed by atoms with Gasteiger partial charge in [0.25, 0.3) is 0 Å². The first-order valence-electron chi connectivity index (χ1n) is 13.2. The van der Waals surface area contributed by atoms with Crippen LogP contribution in [-0.4, -0.2) is 59.6 Å². The van der Waals surface area contributed by atoms with E-state index in [2.05, 4.69) is 30.8 Å². The molecule has 1 saturated heterocycles. The van der Waals surface area contributed by atoms with E-state index in [9.17, 15) is 27.9 Å². The van der Waals surface area contributed by atoms with Crippen LogP contribution < -0.4 is 20.8 Å².